The molecule has 0 N–H and O–H groups in total. The Morgan fingerprint density at radius 3 is 2.67 bits per heavy atom. The first-order chi connectivity index (χ1) is 5.74. The first-order valence-electron chi connectivity index (χ1n) is 4.87. The number of hydrogen-bond donors (Lipinski definition) is 0. The minimum absolute atomic E-state index is 0.0992. The number of nitro groups is 1. The van der Waals surface area contributed by atoms with Gasteiger partial charge in [0.2, 0.25) is 6.04 Å². The molecule has 0 saturated heterocycles. The van der Waals surface area contributed by atoms with Crippen molar-refractivity contribution in [3.8, 4) is 0 Å². The Morgan fingerprint density at radius 1 is 1.33 bits per heavy atom. The van der Waals surface area contributed by atoms with E-state index in [9.17, 15) is 10.1 Å². The fraction of sp³-hybridized carbons (Fsp3) is 1.00. The molecule has 1 aliphatic rings. The van der Waals surface area contributed by atoms with E-state index >= 15 is 0 Å². The summed E-state index contributed by atoms with van der Waals surface area (Å²) in [5.41, 5.74) is 0. The molecule has 1 aliphatic carbocycles. The molecule has 0 spiro atoms. The van der Waals surface area contributed by atoms with Crippen LogP contribution in [0, 0.1) is 16.0 Å². The highest BCUT2D eigenvalue weighted by molar-refractivity contribution is 4.68. The molecular formula is C9H17NO2. The molecule has 0 bridgehead atoms. The van der Waals surface area contributed by atoms with Crippen molar-refractivity contribution in [1.29, 1.82) is 0 Å². The van der Waals surface area contributed by atoms with E-state index in [0.29, 0.717) is 0 Å². The Morgan fingerprint density at radius 2 is 2.08 bits per heavy atom. The molecule has 0 aromatic rings. The van der Waals surface area contributed by atoms with Crippen molar-refractivity contribution in [1.82, 2.24) is 0 Å². The average Bonchev–Trinajstić information content (AvgIpc) is 2.28. The van der Waals surface area contributed by atoms with Gasteiger partial charge in [0.25, 0.3) is 0 Å². The molecule has 3 heteroatoms. The average molecular weight is 171 g/mol. The molecule has 0 amide bonds. The highest BCUT2D eigenvalue weighted by Crippen LogP contribution is 2.26. The molecule has 1 rings (SSSR count). The SMILES string of the molecule is CCC1CCCC([N+](=O)[O-])CC1. The minimum Gasteiger partial charge on any atom is -0.264 e. The second-order valence-electron chi connectivity index (χ2n) is 3.72. The van der Waals surface area contributed by atoms with Crippen LogP contribution >= 0.6 is 0 Å². The molecular weight excluding hydrogens is 154 g/mol. The molecule has 2 unspecified atom stereocenters. The molecule has 2 atom stereocenters. The molecule has 0 aromatic carbocycles. The second kappa shape index (κ2) is 4.43. The van der Waals surface area contributed by atoms with E-state index in [0.717, 1.165) is 31.6 Å². The molecule has 0 heterocycles. The summed E-state index contributed by atoms with van der Waals surface area (Å²) in [7, 11) is 0. The summed E-state index contributed by atoms with van der Waals surface area (Å²) in [6, 6.07) is -0.249. The smallest absolute Gasteiger partial charge is 0.213 e. The zero-order chi connectivity index (χ0) is 8.97. The van der Waals surface area contributed by atoms with E-state index in [1.54, 1.807) is 0 Å². The van der Waals surface area contributed by atoms with E-state index in [1.807, 2.05) is 0 Å². The third kappa shape index (κ3) is 2.47. The fourth-order valence-electron chi connectivity index (χ4n) is 1.98. The van der Waals surface area contributed by atoms with Crippen LogP contribution in [-0.2, 0) is 0 Å². The van der Waals surface area contributed by atoms with Crippen molar-refractivity contribution in [3.63, 3.8) is 0 Å². The topological polar surface area (TPSA) is 43.1 Å². The highest BCUT2D eigenvalue weighted by atomic mass is 16.6. The van der Waals surface area contributed by atoms with Gasteiger partial charge in [-0.05, 0) is 18.8 Å². The largest absolute Gasteiger partial charge is 0.264 e. The van der Waals surface area contributed by atoms with Crippen LogP contribution in [0.4, 0.5) is 0 Å². The van der Waals surface area contributed by atoms with Crippen molar-refractivity contribution in [3.05, 3.63) is 10.1 Å². The van der Waals surface area contributed by atoms with Crippen LogP contribution in [0.1, 0.15) is 45.4 Å². The maximum Gasteiger partial charge on any atom is 0.213 e. The van der Waals surface area contributed by atoms with Crippen molar-refractivity contribution in [2.24, 2.45) is 5.92 Å². The lowest BCUT2D eigenvalue weighted by molar-refractivity contribution is -0.524. The summed E-state index contributed by atoms with van der Waals surface area (Å²) in [6.45, 7) is 2.18. The van der Waals surface area contributed by atoms with Gasteiger partial charge in [-0.2, -0.15) is 0 Å². The quantitative estimate of drug-likeness (QED) is 0.364. The molecule has 1 saturated carbocycles. The van der Waals surface area contributed by atoms with Gasteiger partial charge in [-0.3, -0.25) is 10.1 Å². The third-order valence-corrected chi connectivity index (χ3v) is 2.93. The molecule has 0 aliphatic heterocycles. The number of nitrogens with zero attached hydrogens (tertiary/aromatic N) is 1. The van der Waals surface area contributed by atoms with Crippen LogP contribution in [-0.4, -0.2) is 11.0 Å². The fourth-order valence-corrected chi connectivity index (χ4v) is 1.98. The summed E-state index contributed by atoms with van der Waals surface area (Å²) in [6.07, 6.45) is 6.08. The molecule has 1 fully saturated rings. The van der Waals surface area contributed by atoms with Crippen molar-refractivity contribution in [2.45, 2.75) is 51.5 Å². The van der Waals surface area contributed by atoms with E-state index in [2.05, 4.69) is 6.92 Å². The van der Waals surface area contributed by atoms with E-state index in [1.165, 1.54) is 12.8 Å². The Bertz CT molecular complexity index is 159. The van der Waals surface area contributed by atoms with E-state index in [4.69, 9.17) is 0 Å². The Labute approximate surface area is 73.3 Å². The van der Waals surface area contributed by atoms with Crippen LogP contribution in [0.2, 0.25) is 0 Å². The Kier molecular flexibility index (Phi) is 3.50. The van der Waals surface area contributed by atoms with Gasteiger partial charge in [-0.15, -0.1) is 0 Å². The summed E-state index contributed by atoms with van der Waals surface area (Å²) in [4.78, 5) is 10.4. The van der Waals surface area contributed by atoms with Gasteiger partial charge in [0.1, 0.15) is 0 Å². The lowest BCUT2D eigenvalue weighted by atomic mass is 9.98. The van der Waals surface area contributed by atoms with Gasteiger partial charge in [0.05, 0.1) is 0 Å². The Hall–Kier alpha value is -0.600. The first-order valence-corrected chi connectivity index (χ1v) is 4.87. The summed E-state index contributed by atoms with van der Waals surface area (Å²) in [5, 5.41) is 10.5. The molecule has 70 valence electrons. The normalized spacial score (nSPS) is 31.1. The second-order valence-corrected chi connectivity index (χ2v) is 3.72. The third-order valence-electron chi connectivity index (χ3n) is 2.93. The van der Waals surface area contributed by atoms with Crippen LogP contribution in [0.5, 0.6) is 0 Å². The summed E-state index contributed by atoms with van der Waals surface area (Å²) >= 11 is 0. The van der Waals surface area contributed by atoms with E-state index in [-0.39, 0.29) is 11.0 Å². The number of rotatable bonds is 2. The van der Waals surface area contributed by atoms with Crippen molar-refractivity contribution < 1.29 is 4.92 Å². The first kappa shape index (κ1) is 9.49. The van der Waals surface area contributed by atoms with Gasteiger partial charge >= 0.3 is 0 Å². The summed E-state index contributed by atoms with van der Waals surface area (Å²) < 4.78 is 0. The minimum atomic E-state index is -0.249. The van der Waals surface area contributed by atoms with Gasteiger partial charge < -0.3 is 0 Å². The highest BCUT2D eigenvalue weighted by Gasteiger charge is 2.24. The maximum absolute atomic E-state index is 10.5. The van der Waals surface area contributed by atoms with Gasteiger partial charge in [-0.1, -0.05) is 19.8 Å². The van der Waals surface area contributed by atoms with Crippen molar-refractivity contribution in [2.75, 3.05) is 0 Å². The predicted molar refractivity (Wildman–Crippen MR) is 47.6 cm³/mol. The molecule has 12 heavy (non-hydrogen) atoms. The molecule has 0 aromatic heterocycles. The van der Waals surface area contributed by atoms with Crippen LogP contribution in [0.3, 0.4) is 0 Å². The zero-order valence-electron chi connectivity index (χ0n) is 7.66. The lowest BCUT2D eigenvalue weighted by Crippen LogP contribution is -2.17. The van der Waals surface area contributed by atoms with E-state index < -0.39 is 0 Å². The Balaban J connectivity index is 2.39. The van der Waals surface area contributed by atoms with Crippen molar-refractivity contribution >= 4 is 0 Å². The lowest BCUT2D eigenvalue weighted by Gasteiger charge is -2.08. The monoisotopic (exact) mass is 171 g/mol. The number of hydrogen-bond acceptors (Lipinski definition) is 2. The molecule has 0 radical (unpaired) electrons. The van der Waals surface area contributed by atoms with Crippen LogP contribution in [0.25, 0.3) is 0 Å². The van der Waals surface area contributed by atoms with Gasteiger partial charge in [0.15, 0.2) is 0 Å². The van der Waals surface area contributed by atoms with Gasteiger partial charge in [-0.25, -0.2) is 0 Å². The summed E-state index contributed by atoms with van der Waals surface area (Å²) in [5.74, 6) is 0.745. The predicted octanol–water partition coefficient (Wildman–Crippen LogP) is 2.62. The standard InChI is InChI=1S/C9H17NO2/c1-2-8-4-3-5-9(7-6-8)10(11)12/h8-9H,2-7H2,1H3. The molecule has 3 nitrogen and oxygen atoms in total. The maximum atomic E-state index is 10.5. The zero-order valence-corrected chi connectivity index (χ0v) is 7.66. The van der Waals surface area contributed by atoms with Gasteiger partial charge in [0, 0.05) is 17.8 Å². The van der Waals surface area contributed by atoms with Crippen LogP contribution in [0.15, 0.2) is 0 Å². The van der Waals surface area contributed by atoms with Crippen LogP contribution < -0.4 is 0 Å².